The molecule has 164 valence electrons. The molecule has 3 aromatic carbocycles. The predicted molar refractivity (Wildman–Crippen MR) is 134 cm³/mol. The lowest BCUT2D eigenvalue weighted by Gasteiger charge is -2.19. The van der Waals surface area contributed by atoms with Gasteiger partial charge in [0.25, 0.3) is 0 Å². The van der Waals surface area contributed by atoms with Gasteiger partial charge in [-0.2, -0.15) is 0 Å². The standard InChI is InChI=1S/C30H38O/c1-5-6-7-8-9-10-29(31)27-17-15-25(16-18-27)23-11-13-24(14-12-23)26-19-21-28(22-20-26)30(2,3)4/h11-22,29,31H,5-10H2,1-4H3. The Morgan fingerprint density at radius 2 is 1.03 bits per heavy atom. The summed E-state index contributed by atoms with van der Waals surface area (Å²) in [5.74, 6) is 0. The molecule has 0 aliphatic rings. The van der Waals surface area contributed by atoms with Gasteiger partial charge < -0.3 is 5.11 Å². The maximum absolute atomic E-state index is 10.5. The number of aliphatic hydroxyl groups excluding tert-OH is 1. The van der Waals surface area contributed by atoms with Crippen LogP contribution < -0.4 is 0 Å². The summed E-state index contributed by atoms with van der Waals surface area (Å²) in [7, 11) is 0. The zero-order chi connectivity index (χ0) is 22.3. The summed E-state index contributed by atoms with van der Waals surface area (Å²) in [6.45, 7) is 8.96. The van der Waals surface area contributed by atoms with Crippen molar-refractivity contribution in [3.8, 4) is 22.3 Å². The zero-order valence-corrected chi connectivity index (χ0v) is 19.7. The van der Waals surface area contributed by atoms with E-state index in [9.17, 15) is 5.11 Å². The first-order chi connectivity index (χ1) is 14.9. The molecular weight excluding hydrogens is 376 g/mol. The third-order valence-corrected chi connectivity index (χ3v) is 6.18. The van der Waals surface area contributed by atoms with Gasteiger partial charge in [-0.3, -0.25) is 0 Å². The highest BCUT2D eigenvalue weighted by molar-refractivity contribution is 5.70. The average Bonchev–Trinajstić information content (AvgIpc) is 2.78. The molecule has 1 unspecified atom stereocenters. The van der Waals surface area contributed by atoms with Crippen LogP contribution in [0.3, 0.4) is 0 Å². The van der Waals surface area contributed by atoms with E-state index in [1.807, 2.05) is 0 Å². The zero-order valence-electron chi connectivity index (χ0n) is 19.7. The minimum atomic E-state index is -0.353. The number of hydrogen-bond acceptors (Lipinski definition) is 1. The monoisotopic (exact) mass is 414 g/mol. The Balaban J connectivity index is 1.62. The largest absolute Gasteiger partial charge is 0.388 e. The quantitative estimate of drug-likeness (QED) is 0.347. The first-order valence-corrected chi connectivity index (χ1v) is 11.9. The lowest BCUT2D eigenvalue weighted by Crippen LogP contribution is -2.10. The molecule has 1 atom stereocenters. The summed E-state index contributed by atoms with van der Waals surface area (Å²) in [5, 5.41) is 10.5. The van der Waals surface area contributed by atoms with Crippen molar-refractivity contribution in [2.24, 2.45) is 0 Å². The van der Waals surface area contributed by atoms with Gasteiger partial charge >= 0.3 is 0 Å². The van der Waals surface area contributed by atoms with Crippen molar-refractivity contribution < 1.29 is 5.11 Å². The Hall–Kier alpha value is -2.38. The van der Waals surface area contributed by atoms with Gasteiger partial charge in [0.1, 0.15) is 0 Å². The van der Waals surface area contributed by atoms with Crippen molar-refractivity contribution in [3.05, 3.63) is 83.9 Å². The van der Waals surface area contributed by atoms with Gasteiger partial charge in [0.05, 0.1) is 6.10 Å². The Morgan fingerprint density at radius 1 is 0.613 bits per heavy atom. The van der Waals surface area contributed by atoms with Crippen LogP contribution in [0.2, 0.25) is 0 Å². The lowest BCUT2D eigenvalue weighted by molar-refractivity contribution is 0.163. The summed E-state index contributed by atoms with van der Waals surface area (Å²) in [4.78, 5) is 0. The van der Waals surface area contributed by atoms with Crippen LogP contribution in [0.25, 0.3) is 22.3 Å². The molecule has 1 nitrogen and oxygen atoms in total. The first kappa shape index (κ1) is 23.3. The van der Waals surface area contributed by atoms with Gasteiger partial charge in [0.15, 0.2) is 0 Å². The van der Waals surface area contributed by atoms with E-state index < -0.39 is 0 Å². The fourth-order valence-corrected chi connectivity index (χ4v) is 4.02. The summed E-state index contributed by atoms with van der Waals surface area (Å²) < 4.78 is 0. The van der Waals surface area contributed by atoms with Crippen molar-refractivity contribution >= 4 is 0 Å². The van der Waals surface area contributed by atoms with Crippen molar-refractivity contribution in [2.75, 3.05) is 0 Å². The average molecular weight is 415 g/mol. The van der Waals surface area contributed by atoms with Crippen molar-refractivity contribution in [1.29, 1.82) is 0 Å². The maximum atomic E-state index is 10.5. The topological polar surface area (TPSA) is 20.2 Å². The summed E-state index contributed by atoms with van der Waals surface area (Å²) in [5.41, 5.74) is 7.43. The molecule has 1 N–H and O–H groups in total. The molecule has 0 amide bonds. The third-order valence-electron chi connectivity index (χ3n) is 6.18. The van der Waals surface area contributed by atoms with Crippen LogP contribution in [0, 0.1) is 0 Å². The van der Waals surface area contributed by atoms with Crippen LogP contribution >= 0.6 is 0 Å². The molecule has 1 heteroatoms. The van der Waals surface area contributed by atoms with Crippen LogP contribution in [-0.4, -0.2) is 5.11 Å². The van der Waals surface area contributed by atoms with Crippen LogP contribution in [0.15, 0.2) is 72.8 Å². The highest BCUT2D eigenvalue weighted by Crippen LogP contribution is 2.29. The molecular formula is C30H38O. The molecule has 0 aromatic heterocycles. The van der Waals surface area contributed by atoms with Crippen molar-refractivity contribution in [2.45, 2.75) is 77.7 Å². The first-order valence-electron chi connectivity index (χ1n) is 11.9. The summed E-state index contributed by atoms with van der Waals surface area (Å²) in [6.07, 6.45) is 6.65. The van der Waals surface area contributed by atoms with E-state index in [0.29, 0.717) is 0 Å². The van der Waals surface area contributed by atoms with Crippen LogP contribution in [-0.2, 0) is 5.41 Å². The molecule has 0 bridgehead atoms. The Morgan fingerprint density at radius 3 is 1.48 bits per heavy atom. The third kappa shape index (κ3) is 6.55. The second-order valence-electron chi connectivity index (χ2n) is 9.75. The SMILES string of the molecule is CCCCCCCC(O)c1ccc(-c2ccc(-c3ccc(C(C)(C)C)cc3)cc2)cc1. The van der Waals surface area contributed by atoms with E-state index in [-0.39, 0.29) is 11.5 Å². The number of hydrogen-bond donors (Lipinski definition) is 1. The smallest absolute Gasteiger partial charge is 0.0790 e. The van der Waals surface area contributed by atoms with Gasteiger partial charge in [-0.25, -0.2) is 0 Å². The number of benzene rings is 3. The predicted octanol–water partition coefficient (Wildman–Crippen LogP) is 8.71. The normalized spacial score (nSPS) is 12.7. The van der Waals surface area contributed by atoms with E-state index in [1.165, 1.54) is 53.5 Å². The fourth-order valence-electron chi connectivity index (χ4n) is 4.02. The fraction of sp³-hybridized carbons (Fsp3) is 0.400. The molecule has 3 aromatic rings. The van der Waals surface area contributed by atoms with E-state index in [0.717, 1.165) is 18.4 Å². The van der Waals surface area contributed by atoms with Gasteiger partial charge in [0, 0.05) is 0 Å². The molecule has 0 spiro atoms. The highest BCUT2D eigenvalue weighted by Gasteiger charge is 2.13. The molecule has 0 aliphatic carbocycles. The van der Waals surface area contributed by atoms with E-state index in [1.54, 1.807) is 0 Å². The Bertz CT molecular complexity index is 912. The number of unbranched alkanes of at least 4 members (excludes halogenated alkanes) is 4. The van der Waals surface area contributed by atoms with Gasteiger partial charge in [-0.1, -0.05) is 133 Å². The minimum absolute atomic E-state index is 0.178. The van der Waals surface area contributed by atoms with Crippen LogP contribution in [0.4, 0.5) is 0 Å². The number of aliphatic hydroxyl groups is 1. The molecule has 0 saturated carbocycles. The Kier molecular flexibility index (Phi) is 8.09. The molecule has 3 rings (SSSR count). The van der Waals surface area contributed by atoms with Crippen molar-refractivity contribution in [1.82, 2.24) is 0 Å². The molecule has 0 radical (unpaired) electrons. The molecule has 0 aliphatic heterocycles. The minimum Gasteiger partial charge on any atom is -0.388 e. The van der Waals surface area contributed by atoms with Gasteiger partial charge in [0.2, 0.25) is 0 Å². The summed E-state index contributed by atoms with van der Waals surface area (Å²) in [6, 6.07) is 26.1. The van der Waals surface area contributed by atoms with E-state index in [4.69, 9.17) is 0 Å². The second-order valence-corrected chi connectivity index (χ2v) is 9.75. The highest BCUT2D eigenvalue weighted by atomic mass is 16.3. The molecule has 0 heterocycles. The summed E-state index contributed by atoms with van der Waals surface area (Å²) >= 11 is 0. The van der Waals surface area contributed by atoms with Crippen LogP contribution in [0.1, 0.15) is 83.5 Å². The number of rotatable bonds is 9. The Labute approximate surface area is 189 Å². The maximum Gasteiger partial charge on any atom is 0.0790 e. The van der Waals surface area contributed by atoms with Crippen LogP contribution in [0.5, 0.6) is 0 Å². The van der Waals surface area contributed by atoms with E-state index in [2.05, 4.69) is 100 Å². The van der Waals surface area contributed by atoms with Crippen molar-refractivity contribution in [3.63, 3.8) is 0 Å². The molecule has 0 saturated heterocycles. The van der Waals surface area contributed by atoms with Gasteiger partial charge in [-0.05, 0) is 45.2 Å². The second kappa shape index (κ2) is 10.8. The molecule has 31 heavy (non-hydrogen) atoms. The van der Waals surface area contributed by atoms with Gasteiger partial charge in [-0.15, -0.1) is 0 Å². The molecule has 0 fully saturated rings. The lowest BCUT2D eigenvalue weighted by atomic mass is 9.86. The van der Waals surface area contributed by atoms with E-state index >= 15 is 0 Å².